The summed E-state index contributed by atoms with van der Waals surface area (Å²) in [6, 6.07) is 4.35. The standard InChI is InChI=1S/C16H21FN2O3/c1-10-6-7-13(12(17)8-10)19-16(22)15(21)18-9-11-4-2-3-5-14(11)20/h6-8,11,14,20H,2-5,9H2,1H3,(H,18,21)(H,19,22)/t11-,14-/m1/s1. The van der Waals surface area contributed by atoms with Crippen molar-refractivity contribution >= 4 is 17.5 Å². The molecule has 3 N–H and O–H groups in total. The van der Waals surface area contributed by atoms with Crippen molar-refractivity contribution in [3.8, 4) is 0 Å². The molecule has 5 nitrogen and oxygen atoms in total. The number of hydrogen-bond acceptors (Lipinski definition) is 3. The SMILES string of the molecule is Cc1ccc(NC(=O)C(=O)NC[C@H]2CCCC[C@H]2O)c(F)c1. The first-order chi connectivity index (χ1) is 10.5. The van der Waals surface area contributed by atoms with E-state index in [1.54, 1.807) is 13.0 Å². The van der Waals surface area contributed by atoms with Crippen LogP contribution < -0.4 is 10.6 Å². The number of carbonyl (C=O) groups is 2. The average molecular weight is 308 g/mol. The molecule has 1 aromatic carbocycles. The van der Waals surface area contributed by atoms with Crippen LogP contribution in [0, 0.1) is 18.7 Å². The summed E-state index contributed by atoms with van der Waals surface area (Å²) in [4.78, 5) is 23.5. The second kappa shape index (κ2) is 7.35. The monoisotopic (exact) mass is 308 g/mol. The Morgan fingerprint density at radius 2 is 2.00 bits per heavy atom. The predicted octanol–water partition coefficient (Wildman–Crippen LogP) is 1.74. The minimum atomic E-state index is -0.909. The maximum Gasteiger partial charge on any atom is 0.313 e. The fourth-order valence-electron chi connectivity index (χ4n) is 2.63. The van der Waals surface area contributed by atoms with Gasteiger partial charge in [0, 0.05) is 12.5 Å². The summed E-state index contributed by atoms with van der Waals surface area (Å²) < 4.78 is 13.6. The van der Waals surface area contributed by atoms with E-state index in [9.17, 15) is 19.1 Å². The smallest absolute Gasteiger partial charge is 0.313 e. The van der Waals surface area contributed by atoms with Crippen LogP contribution in [0.15, 0.2) is 18.2 Å². The fraction of sp³-hybridized carbons (Fsp3) is 0.500. The van der Waals surface area contributed by atoms with Crippen molar-refractivity contribution in [2.75, 3.05) is 11.9 Å². The molecule has 1 saturated carbocycles. The van der Waals surface area contributed by atoms with E-state index in [1.807, 2.05) is 0 Å². The molecule has 2 amide bonds. The summed E-state index contributed by atoms with van der Waals surface area (Å²) in [5.74, 6) is -2.34. The lowest BCUT2D eigenvalue weighted by Gasteiger charge is -2.27. The molecular formula is C16H21FN2O3. The molecule has 2 atom stereocenters. The Labute approximate surface area is 128 Å². The molecule has 0 unspecified atom stereocenters. The number of benzene rings is 1. The highest BCUT2D eigenvalue weighted by Crippen LogP contribution is 2.23. The number of halogens is 1. The van der Waals surface area contributed by atoms with Crippen LogP contribution in [0.2, 0.25) is 0 Å². The third-order valence-electron chi connectivity index (χ3n) is 3.97. The van der Waals surface area contributed by atoms with Crippen molar-refractivity contribution in [2.24, 2.45) is 5.92 Å². The number of rotatable bonds is 3. The van der Waals surface area contributed by atoms with Crippen molar-refractivity contribution in [1.29, 1.82) is 0 Å². The highest BCUT2D eigenvalue weighted by molar-refractivity contribution is 6.39. The predicted molar refractivity (Wildman–Crippen MR) is 80.7 cm³/mol. The van der Waals surface area contributed by atoms with Gasteiger partial charge in [-0.2, -0.15) is 0 Å². The molecule has 0 aliphatic heterocycles. The number of carbonyl (C=O) groups excluding carboxylic acids is 2. The molecule has 120 valence electrons. The molecule has 0 aromatic heterocycles. The quantitative estimate of drug-likeness (QED) is 0.744. The van der Waals surface area contributed by atoms with E-state index >= 15 is 0 Å². The van der Waals surface area contributed by atoms with E-state index in [0.717, 1.165) is 31.2 Å². The van der Waals surface area contributed by atoms with E-state index in [1.165, 1.54) is 12.1 Å². The molecule has 0 bridgehead atoms. The zero-order valence-electron chi connectivity index (χ0n) is 12.6. The van der Waals surface area contributed by atoms with Crippen LogP contribution in [0.1, 0.15) is 31.2 Å². The van der Waals surface area contributed by atoms with Crippen molar-refractivity contribution in [2.45, 2.75) is 38.7 Å². The zero-order chi connectivity index (χ0) is 16.1. The van der Waals surface area contributed by atoms with Crippen molar-refractivity contribution < 1.29 is 19.1 Å². The van der Waals surface area contributed by atoms with E-state index < -0.39 is 23.7 Å². The van der Waals surface area contributed by atoms with Gasteiger partial charge in [0.15, 0.2) is 0 Å². The number of nitrogens with one attached hydrogen (secondary N) is 2. The van der Waals surface area contributed by atoms with E-state index in [2.05, 4.69) is 10.6 Å². The Morgan fingerprint density at radius 3 is 2.68 bits per heavy atom. The highest BCUT2D eigenvalue weighted by Gasteiger charge is 2.24. The number of aryl methyl sites for hydroxylation is 1. The molecule has 0 heterocycles. The van der Waals surface area contributed by atoms with Gasteiger partial charge in [-0.05, 0) is 37.5 Å². The number of aliphatic hydroxyl groups is 1. The fourth-order valence-corrected chi connectivity index (χ4v) is 2.63. The van der Waals surface area contributed by atoms with Gasteiger partial charge in [0.1, 0.15) is 5.82 Å². The van der Waals surface area contributed by atoms with E-state index in [-0.39, 0.29) is 18.2 Å². The van der Waals surface area contributed by atoms with Gasteiger partial charge in [-0.25, -0.2) is 4.39 Å². The maximum atomic E-state index is 13.6. The normalized spacial score (nSPS) is 21.2. The Balaban J connectivity index is 1.85. The average Bonchev–Trinajstić information content (AvgIpc) is 2.49. The summed E-state index contributed by atoms with van der Waals surface area (Å²) in [6.07, 6.45) is 3.11. The summed E-state index contributed by atoms with van der Waals surface area (Å²) in [5.41, 5.74) is 0.703. The lowest BCUT2D eigenvalue weighted by molar-refractivity contribution is -0.136. The van der Waals surface area contributed by atoms with Gasteiger partial charge in [0.2, 0.25) is 0 Å². The molecule has 1 aliphatic carbocycles. The lowest BCUT2D eigenvalue weighted by Crippen LogP contribution is -2.41. The van der Waals surface area contributed by atoms with Crippen molar-refractivity contribution in [3.63, 3.8) is 0 Å². The summed E-state index contributed by atoms with van der Waals surface area (Å²) in [5, 5.41) is 14.6. The van der Waals surface area contributed by atoms with E-state index in [4.69, 9.17) is 0 Å². The zero-order valence-corrected chi connectivity index (χ0v) is 12.6. The molecule has 1 aromatic rings. The number of anilines is 1. The van der Waals surface area contributed by atoms with Gasteiger partial charge in [-0.3, -0.25) is 9.59 Å². The third-order valence-corrected chi connectivity index (χ3v) is 3.97. The summed E-state index contributed by atoms with van der Waals surface area (Å²) >= 11 is 0. The van der Waals surface area contributed by atoms with Crippen LogP contribution in [0.5, 0.6) is 0 Å². The molecule has 0 saturated heterocycles. The topological polar surface area (TPSA) is 78.4 Å². The maximum absolute atomic E-state index is 13.6. The minimum Gasteiger partial charge on any atom is -0.393 e. The first kappa shape index (κ1) is 16.4. The number of aliphatic hydroxyl groups excluding tert-OH is 1. The Kier molecular flexibility index (Phi) is 5.49. The van der Waals surface area contributed by atoms with Gasteiger partial charge in [-0.1, -0.05) is 18.9 Å². The Hall–Kier alpha value is -1.95. The summed E-state index contributed by atoms with van der Waals surface area (Å²) in [6.45, 7) is 1.99. The van der Waals surface area contributed by atoms with Gasteiger partial charge < -0.3 is 15.7 Å². The van der Waals surface area contributed by atoms with Gasteiger partial charge in [0.25, 0.3) is 0 Å². The molecule has 6 heteroatoms. The first-order valence-electron chi connectivity index (χ1n) is 7.51. The van der Waals surface area contributed by atoms with Crippen LogP contribution in [-0.4, -0.2) is 29.6 Å². The highest BCUT2D eigenvalue weighted by atomic mass is 19.1. The molecule has 22 heavy (non-hydrogen) atoms. The molecule has 2 rings (SSSR count). The number of hydrogen-bond donors (Lipinski definition) is 3. The third kappa shape index (κ3) is 4.27. The van der Waals surface area contributed by atoms with Crippen LogP contribution >= 0.6 is 0 Å². The van der Waals surface area contributed by atoms with Crippen LogP contribution in [-0.2, 0) is 9.59 Å². The largest absolute Gasteiger partial charge is 0.393 e. The Bertz CT molecular complexity index is 562. The van der Waals surface area contributed by atoms with Gasteiger partial charge in [0.05, 0.1) is 11.8 Å². The first-order valence-corrected chi connectivity index (χ1v) is 7.51. The molecule has 1 fully saturated rings. The summed E-state index contributed by atoms with van der Waals surface area (Å²) in [7, 11) is 0. The molecule has 0 spiro atoms. The Morgan fingerprint density at radius 1 is 1.27 bits per heavy atom. The minimum absolute atomic E-state index is 0.0246. The van der Waals surface area contributed by atoms with Gasteiger partial charge in [-0.15, -0.1) is 0 Å². The lowest BCUT2D eigenvalue weighted by atomic mass is 9.86. The second-order valence-electron chi connectivity index (χ2n) is 5.76. The van der Waals surface area contributed by atoms with Gasteiger partial charge >= 0.3 is 11.8 Å². The van der Waals surface area contributed by atoms with Crippen LogP contribution in [0.3, 0.4) is 0 Å². The van der Waals surface area contributed by atoms with Crippen molar-refractivity contribution in [3.05, 3.63) is 29.6 Å². The second-order valence-corrected chi connectivity index (χ2v) is 5.76. The van der Waals surface area contributed by atoms with Crippen molar-refractivity contribution in [1.82, 2.24) is 5.32 Å². The van der Waals surface area contributed by atoms with Crippen LogP contribution in [0.25, 0.3) is 0 Å². The molecular weight excluding hydrogens is 287 g/mol. The molecule has 1 aliphatic rings. The van der Waals surface area contributed by atoms with Crippen LogP contribution in [0.4, 0.5) is 10.1 Å². The van der Waals surface area contributed by atoms with E-state index in [0.29, 0.717) is 0 Å². The number of amides is 2. The molecule has 0 radical (unpaired) electrons.